The fourth-order valence-electron chi connectivity index (χ4n) is 2.31. The molecule has 0 nitrogen and oxygen atoms in total. The Morgan fingerprint density at radius 3 is 2.00 bits per heavy atom. The van der Waals surface area contributed by atoms with E-state index in [0.717, 1.165) is 0 Å². The van der Waals surface area contributed by atoms with Crippen molar-refractivity contribution in [2.75, 3.05) is 0 Å². The van der Waals surface area contributed by atoms with E-state index in [4.69, 9.17) is 0 Å². The van der Waals surface area contributed by atoms with Gasteiger partial charge in [-0.3, -0.25) is 0 Å². The zero-order chi connectivity index (χ0) is 16.4. The average molecular weight is 342 g/mol. The molecule has 1 rings (SSSR count). The Morgan fingerprint density at radius 1 is 0.952 bits per heavy atom. The quantitative estimate of drug-likeness (QED) is 0.284. The van der Waals surface area contributed by atoms with E-state index >= 15 is 0 Å². The summed E-state index contributed by atoms with van der Waals surface area (Å²) in [6.45, 7) is 1.77. The van der Waals surface area contributed by atoms with Crippen molar-refractivity contribution in [3.8, 4) is 0 Å². The molecule has 0 spiro atoms. The van der Waals surface area contributed by atoms with Gasteiger partial charge in [-0.25, -0.2) is 0 Å². The molecule has 0 aromatic heterocycles. The van der Waals surface area contributed by atoms with Gasteiger partial charge in [0.15, 0.2) is 0 Å². The molecule has 0 fully saturated rings. The van der Waals surface area contributed by atoms with Gasteiger partial charge in [0.25, 0.3) is 0 Å². The Balaban J connectivity index is 3.25. The second-order valence-corrected chi connectivity index (χ2v) is 6.82. The topological polar surface area (TPSA) is 0 Å². The Hall–Kier alpha value is -0.650. The minimum atomic E-state index is -7.19. The van der Waals surface area contributed by atoms with Crippen LogP contribution in [0.15, 0.2) is 23.3 Å². The normalized spacial score (nSPS) is 28.3. The van der Waals surface area contributed by atoms with Crippen molar-refractivity contribution in [3.05, 3.63) is 23.3 Å². The second kappa shape index (κ2) is 6.63. The summed E-state index contributed by atoms with van der Waals surface area (Å²) >= 11 is 0. The second-order valence-electron chi connectivity index (χ2n) is 4.93. The van der Waals surface area contributed by atoms with Crippen LogP contribution in [0.1, 0.15) is 39.0 Å². The summed E-state index contributed by atoms with van der Waals surface area (Å²) in [5, 5.41) is -3.86. The van der Waals surface area contributed by atoms with Crippen LogP contribution < -0.4 is 0 Å². The molecule has 0 aromatic carbocycles. The first-order chi connectivity index (χ1) is 9.61. The van der Waals surface area contributed by atoms with E-state index in [1.807, 2.05) is 0 Å². The summed E-state index contributed by atoms with van der Waals surface area (Å²) in [4.78, 5) is 0. The molecule has 2 unspecified atom stereocenters. The molecule has 0 radical (unpaired) electrons. The summed E-state index contributed by atoms with van der Waals surface area (Å²) < 4.78 is 106. The zero-order valence-electron chi connectivity index (χ0n) is 11.1. The molecule has 0 amide bonds. The van der Waals surface area contributed by atoms with Gasteiger partial charge in [-0.1, -0.05) is 0 Å². The standard InChI is InChI=1S/C12H15F8P/c1-2-3-4-5-6-12(21(18,19)20)10(16)8(14)7(13)9(15)11(12)17/h10,21H,2-6H2,1H3. The van der Waals surface area contributed by atoms with Crippen LogP contribution in [0.3, 0.4) is 0 Å². The van der Waals surface area contributed by atoms with E-state index in [2.05, 4.69) is 0 Å². The Bertz CT molecular complexity index is 453. The monoisotopic (exact) mass is 342 g/mol. The van der Waals surface area contributed by atoms with E-state index < -0.39 is 49.3 Å². The molecule has 0 N–H and O–H groups in total. The summed E-state index contributed by atoms with van der Waals surface area (Å²) in [5.41, 5.74) is 0. The summed E-state index contributed by atoms with van der Waals surface area (Å²) in [6.07, 6.45) is -3.53. The van der Waals surface area contributed by atoms with Crippen molar-refractivity contribution in [1.82, 2.24) is 0 Å². The molecule has 124 valence electrons. The van der Waals surface area contributed by atoms with Gasteiger partial charge in [-0.05, 0) is 0 Å². The summed E-state index contributed by atoms with van der Waals surface area (Å²) in [7, 11) is -7.19. The van der Waals surface area contributed by atoms with Crippen LogP contribution in [0.25, 0.3) is 0 Å². The van der Waals surface area contributed by atoms with Crippen molar-refractivity contribution < 1.29 is 34.5 Å². The van der Waals surface area contributed by atoms with Gasteiger partial charge >= 0.3 is 116 Å². The predicted molar refractivity (Wildman–Crippen MR) is 66.5 cm³/mol. The van der Waals surface area contributed by atoms with E-state index in [-0.39, 0.29) is 12.8 Å². The van der Waals surface area contributed by atoms with Crippen LogP contribution in [-0.2, 0) is 0 Å². The van der Waals surface area contributed by atoms with E-state index in [1.54, 1.807) is 6.92 Å². The maximum atomic E-state index is 13.8. The zero-order valence-corrected chi connectivity index (χ0v) is 12.1. The van der Waals surface area contributed by atoms with Crippen LogP contribution >= 0.6 is 8.19 Å². The summed E-state index contributed by atoms with van der Waals surface area (Å²) in [6, 6.07) is 0. The van der Waals surface area contributed by atoms with E-state index in [1.165, 1.54) is 0 Å². The van der Waals surface area contributed by atoms with Gasteiger partial charge in [0.2, 0.25) is 0 Å². The average Bonchev–Trinajstić information content (AvgIpc) is 2.41. The fraction of sp³-hybridized carbons (Fsp3) is 0.667. The predicted octanol–water partition coefficient (Wildman–Crippen LogP) is 6.75. The number of hydrogen-bond donors (Lipinski definition) is 0. The molecular formula is C12H15F8P. The Morgan fingerprint density at radius 2 is 1.52 bits per heavy atom. The summed E-state index contributed by atoms with van der Waals surface area (Å²) in [5.74, 6) is -10.2. The molecule has 0 bridgehead atoms. The molecule has 21 heavy (non-hydrogen) atoms. The first-order valence-electron chi connectivity index (χ1n) is 6.43. The van der Waals surface area contributed by atoms with Crippen molar-refractivity contribution in [2.24, 2.45) is 0 Å². The molecule has 0 aromatic rings. The maximum absolute atomic E-state index is 13.8. The van der Waals surface area contributed by atoms with Crippen LogP contribution in [0.5, 0.6) is 0 Å². The van der Waals surface area contributed by atoms with Crippen LogP contribution in [-0.4, -0.2) is 11.3 Å². The number of alkyl halides is 1. The minimum absolute atomic E-state index is 0.234. The van der Waals surface area contributed by atoms with Gasteiger partial charge in [-0.2, -0.15) is 0 Å². The fourth-order valence-corrected chi connectivity index (χ4v) is 3.55. The van der Waals surface area contributed by atoms with Crippen LogP contribution in [0, 0.1) is 0 Å². The Kier molecular flexibility index (Phi) is 5.81. The molecule has 1 aliphatic carbocycles. The van der Waals surface area contributed by atoms with Crippen LogP contribution in [0.4, 0.5) is 34.5 Å². The van der Waals surface area contributed by atoms with Crippen molar-refractivity contribution in [1.29, 1.82) is 0 Å². The first kappa shape index (κ1) is 18.4. The third-order valence-electron chi connectivity index (χ3n) is 3.57. The molecule has 0 saturated heterocycles. The van der Waals surface area contributed by atoms with Gasteiger partial charge in [0.05, 0.1) is 0 Å². The third kappa shape index (κ3) is 3.10. The van der Waals surface area contributed by atoms with Crippen molar-refractivity contribution in [3.63, 3.8) is 0 Å². The van der Waals surface area contributed by atoms with Gasteiger partial charge < -0.3 is 0 Å². The van der Waals surface area contributed by atoms with Crippen molar-refractivity contribution >= 4 is 8.19 Å². The number of allylic oxidation sites excluding steroid dienone is 4. The van der Waals surface area contributed by atoms with Gasteiger partial charge in [0, 0.05) is 0 Å². The first-order valence-corrected chi connectivity index (χ1v) is 8.06. The molecule has 2 atom stereocenters. The van der Waals surface area contributed by atoms with Crippen molar-refractivity contribution in [2.45, 2.75) is 50.4 Å². The molecule has 0 saturated carbocycles. The molecule has 0 aliphatic heterocycles. The SMILES string of the molecule is CCCCCCC1([PH](F)(F)F)C(F)=C(F)C(F)=C(F)C1F. The number of hydrogen-bond acceptors (Lipinski definition) is 0. The van der Waals surface area contributed by atoms with E-state index in [9.17, 15) is 34.5 Å². The van der Waals surface area contributed by atoms with E-state index in [0.29, 0.717) is 12.8 Å². The van der Waals surface area contributed by atoms with Crippen LogP contribution in [0.2, 0.25) is 0 Å². The molecule has 0 heterocycles. The third-order valence-corrected chi connectivity index (χ3v) is 5.31. The number of rotatable bonds is 6. The molecule has 9 heteroatoms. The molecular weight excluding hydrogens is 327 g/mol. The van der Waals surface area contributed by atoms with Gasteiger partial charge in [-0.15, -0.1) is 0 Å². The number of halogens is 8. The molecule has 1 aliphatic rings. The Labute approximate surface area is 117 Å². The number of unbranched alkanes of at least 4 members (excludes halogenated alkanes) is 3. The van der Waals surface area contributed by atoms with Gasteiger partial charge in [0.1, 0.15) is 0 Å².